The Hall–Kier alpha value is -1.29. The van der Waals surface area contributed by atoms with Crippen molar-refractivity contribution in [1.82, 2.24) is 0 Å². The molecule has 1 rings (SSSR count). The second-order valence-corrected chi connectivity index (χ2v) is 5.02. The first-order valence-electron chi connectivity index (χ1n) is 6.61. The molecular formula is C14H21ClN2O2. The standard InChI is InChI=1S/C14H21ClN2O2/c1-4-11(3)10-16(5-2)14-7-6-13(17(18)19)8-12(14)9-15/h6-8,11H,4-5,9-10H2,1-3H3. The Balaban J connectivity index is 3.06. The van der Waals surface area contributed by atoms with Crippen LogP contribution in [0.1, 0.15) is 32.8 Å². The van der Waals surface area contributed by atoms with Gasteiger partial charge >= 0.3 is 0 Å². The fraction of sp³-hybridized carbons (Fsp3) is 0.571. The number of nitro groups is 1. The van der Waals surface area contributed by atoms with Gasteiger partial charge in [-0.15, -0.1) is 11.6 Å². The zero-order chi connectivity index (χ0) is 14.4. The Morgan fingerprint density at radius 3 is 2.58 bits per heavy atom. The number of rotatable bonds is 7. The van der Waals surface area contributed by atoms with Crippen molar-refractivity contribution in [3.63, 3.8) is 0 Å². The molecule has 5 heteroatoms. The Morgan fingerprint density at radius 2 is 2.11 bits per heavy atom. The second-order valence-electron chi connectivity index (χ2n) is 4.76. The molecule has 1 atom stereocenters. The summed E-state index contributed by atoms with van der Waals surface area (Å²) in [6.45, 7) is 8.26. The van der Waals surface area contributed by atoms with Crippen LogP contribution in [0.15, 0.2) is 18.2 Å². The van der Waals surface area contributed by atoms with Gasteiger partial charge in [-0.2, -0.15) is 0 Å². The molecule has 0 bridgehead atoms. The van der Waals surface area contributed by atoms with E-state index in [1.54, 1.807) is 12.1 Å². The van der Waals surface area contributed by atoms with E-state index in [1.165, 1.54) is 0 Å². The lowest BCUT2D eigenvalue weighted by Crippen LogP contribution is -2.28. The van der Waals surface area contributed by atoms with E-state index in [0.717, 1.165) is 30.8 Å². The van der Waals surface area contributed by atoms with Gasteiger partial charge in [0.25, 0.3) is 5.69 Å². The van der Waals surface area contributed by atoms with E-state index in [2.05, 4.69) is 25.7 Å². The largest absolute Gasteiger partial charge is 0.371 e. The van der Waals surface area contributed by atoms with Gasteiger partial charge in [-0.3, -0.25) is 10.1 Å². The predicted octanol–water partition coefficient (Wildman–Crippen LogP) is 4.21. The Labute approximate surface area is 119 Å². The van der Waals surface area contributed by atoms with Crippen LogP contribution in [0, 0.1) is 16.0 Å². The SMILES string of the molecule is CCC(C)CN(CC)c1ccc([N+](=O)[O-])cc1CCl. The van der Waals surface area contributed by atoms with Gasteiger partial charge in [0.05, 0.1) is 4.92 Å². The molecule has 1 aromatic rings. The maximum Gasteiger partial charge on any atom is 0.269 e. The lowest BCUT2D eigenvalue weighted by molar-refractivity contribution is -0.384. The molecule has 0 saturated carbocycles. The first-order valence-corrected chi connectivity index (χ1v) is 7.15. The highest BCUT2D eigenvalue weighted by Gasteiger charge is 2.15. The molecule has 0 aliphatic rings. The van der Waals surface area contributed by atoms with Crippen LogP contribution in [-0.4, -0.2) is 18.0 Å². The fourth-order valence-electron chi connectivity index (χ4n) is 2.00. The fourth-order valence-corrected chi connectivity index (χ4v) is 2.22. The number of anilines is 1. The van der Waals surface area contributed by atoms with Gasteiger partial charge in [0.1, 0.15) is 0 Å². The van der Waals surface area contributed by atoms with Crippen molar-refractivity contribution in [2.75, 3.05) is 18.0 Å². The maximum absolute atomic E-state index is 10.8. The number of nitro benzene ring substituents is 1. The minimum absolute atomic E-state index is 0.0963. The van der Waals surface area contributed by atoms with Gasteiger partial charge in [0.2, 0.25) is 0 Å². The summed E-state index contributed by atoms with van der Waals surface area (Å²) in [6, 6.07) is 4.92. The van der Waals surface area contributed by atoms with E-state index in [9.17, 15) is 10.1 Å². The summed E-state index contributed by atoms with van der Waals surface area (Å²) >= 11 is 5.93. The van der Waals surface area contributed by atoms with Crippen molar-refractivity contribution in [2.45, 2.75) is 33.1 Å². The predicted molar refractivity (Wildman–Crippen MR) is 80.0 cm³/mol. The average Bonchev–Trinajstić information content (AvgIpc) is 2.43. The highest BCUT2D eigenvalue weighted by molar-refractivity contribution is 6.17. The van der Waals surface area contributed by atoms with Gasteiger partial charge in [-0.05, 0) is 24.5 Å². The van der Waals surface area contributed by atoms with Crippen LogP contribution in [0.4, 0.5) is 11.4 Å². The molecule has 0 saturated heterocycles. The Morgan fingerprint density at radius 1 is 1.42 bits per heavy atom. The monoisotopic (exact) mass is 284 g/mol. The highest BCUT2D eigenvalue weighted by Crippen LogP contribution is 2.27. The van der Waals surface area contributed by atoms with Crippen molar-refractivity contribution >= 4 is 23.0 Å². The van der Waals surface area contributed by atoms with Gasteiger partial charge in [0.15, 0.2) is 0 Å². The molecule has 19 heavy (non-hydrogen) atoms. The van der Waals surface area contributed by atoms with Crippen LogP contribution < -0.4 is 4.90 Å². The van der Waals surface area contributed by atoms with Crippen molar-refractivity contribution in [3.8, 4) is 0 Å². The summed E-state index contributed by atoms with van der Waals surface area (Å²) in [5, 5.41) is 10.8. The molecule has 1 aromatic carbocycles. The molecule has 106 valence electrons. The van der Waals surface area contributed by atoms with E-state index in [1.807, 2.05) is 6.07 Å². The van der Waals surface area contributed by atoms with Crippen LogP contribution in [0.5, 0.6) is 0 Å². The molecule has 0 spiro atoms. The van der Waals surface area contributed by atoms with Crippen molar-refractivity contribution < 1.29 is 4.92 Å². The minimum Gasteiger partial charge on any atom is -0.371 e. The summed E-state index contributed by atoms with van der Waals surface area (Å²) in [5.74, 6) is 0.868. The molecule has 0 aliphatic heterocycles. The molecule has 1 unspecified atom stereocenters. The molecule has 0 aliphatic carbocycles. The zero-order valence-corrected chi connectivity index (χ0v) is 12.5. The van der Waals surface area contributed by atoms with E-state index in [4.69, 9.17) is 11.6 Å². The summed E-state index contributed by atoms with van der Waals surface area (Å²) in [4.78, 5) is 12.6. The lowest BCUT2D eigenvalue weighted by atomic mass is 10.1. The van der Waals surface area contributed by atoms with Gasteiger partial charge < -0.3 is 4.90 Å². The van der Waals surface area contributed by atoms with Crippen LogP contribution in [0.2, 0.25) is 0 Å². The highest BCUT2D eigenvalue weighted by atomic mass is 35.5. The van der Waals surface area contributed by atoms with Gasteiger partial charge in [-0.25, -0.2) is 0 Å². The summed E-state index contributed by atoms with van der Waals surface area (Å²) < 4.78 is 0. The average molecular weight is 285 g/mol. The van der Waals surface area contributed by atoms with E-state index >= 15 is 0 Å². The van der Waals surface area contributed by atoms with Crippen molar-refractivity contribution in [3.05, 3.63) is 33.9 Å². The molecule has 0 N–H and O–H groups in total. The van der Waals surface area contributed by atoms with Gasteiger partial charge in [0, 0.05) is 36.8 Å². The van der Waals surface area contributed by atoms with E-state index in [0.29, 0.717) is 5.92 Å². The third kappa shape index (κ3) is 4.10. The third-order valence-electron chi connectivity index (χ3n) is 3.37. The first-order chi connectivity index (χ1) is 9.03. The molecule has 0 amide bonds. The number of hydrogen-bond donors (Lipinski definition) is 0. The number of non-ortho nitro benzene ring substituents is 1. The zero-order valence-electron chi connectivity index (χ0n) is 11.7. The van der Waals surface area contributed by atoms with E-state index in [-0.39, 0.29) is 16.5 Å². The summed E-state index contributed by atoms with van der Waals surface area (Å²) in [6.07, 6.45) is 1.11. The molecular weight excluding hydrogens is 264 g/mol. The van der Waals surface area contributed by atoms with Gasteiger partial charge in [-0.1, -0.05) is 20.3 Å². The number of alkyl halides is 1. The second kappa shape index (κ2) is 7.34. The lowest BCUT2D eigenvalue weighted by Gasteiger charge is -2.28. The Kier molecular flexibility index (Phi) is 6.09. The first kappa shape index (κ1) is 15.8. The smallest absolute Gasteiger partial charge is 0.269 e. The number of nitrogens with zero attached hydrogens (tertiary/aromatic N) is 2. The van der Waals surface area contributed by atoms with Crippen LogP contribution >= 0.6 is 11.6 Å². The quantitative estimate of drug-likeness (QED) is 0.428. The summed E-state index contributed by atoms with van der Waals surface area (Å²) in [7, 11) is 0. The summed E-state index contributed by atoms with van der Waals surface area (Å²) in [5.41, 5.74) is 1.92. The minimum atomic E-state index is -0.384. The van der Waals surface area contributed by atoms with Crippen LogP contribution in [-0.2, 0) is 5.88 Å². The van der Waals surface area contributed by atoms with E-state index < -0.39 is 0 Å². The van der Waals surface area contributed by atoms with Crippen molar-refractivity contribution in [2.24, 2.45) is 5.92 Å². The number of halogens is 1. The van der Waals surface area contributed by atoms with Crippen LogP contribution in [0.25, 0.3) is 0 Å². The number of hydrogen-bond acceptors (Lipinski definition) is 3. The molecule has 0 radical (unpaired) electrons. The number of benzene rings is 1. The molecule has 4 nitrogen and oxygen atoms in total. The molecule has 0 heterocycles. The Bertz CT molecular complexity index is 437. The normalized spacial score (nSPS) is 12.2. The molecule has 0 aromatic heterocycles. The van der Waals surface area contributed by atoms with Crippen LogP contribution in [0.3, 0.4) is 0 Å². The topological polar surface area (TPSA) is 46.4 Å². The van der Waals surface area contributed by atoms with Crippen molar-refractivity contribution in [1.29, 1.82) is 0 Å². The maximum atomic E-state index is 10.8. The third-order valence-corrected chi connectivity index (χ3v) is 3.66. The molecule has 0 fully saturated rings.